The Morgan fingerprint density at radius 2 is 1.65 bits per heavy atom. The monoisotopic (exact) mass is 323 g/mol. The van der Waals surface area contributed by atoms with Gasteiger partial charge in [0.1, 0.15) is 4.90 Å². The van der Waals surface area contributed by atoms with Crippen molar-refractivity contribution in [3.8, 4) is 0 Å². The highest BCUT2D eigenvalue weighted by molar-refractivity contribution is 7.89. The van der Waals surface area contributed by atoms with Crippen LogP contribution in [0.25, 0.3) is 0 Å². The minimum absolute atomic E-state index is 0.116. The van der Waals surface area contributed by atoms with Crippen LogP contribution in [0, 0.1) is 0 Å². The zero-order valence-corrected chi connectivity index (χ0v) is 12.9. The van der Waals surface area contributed by atoms with Crippen molar-refractivity contribution in [2.24, 2.45) is 7.05 Å². The van der Waals surface area contributed by atoms with E-state index in [9.17, 15) is 16.8 Å². The van der Waals surface area contributed by atoms with Gasteiger partial charge in [-0.2, -0.15) is 22.1 Å². The summed E-state index contributed by atoms with van der Waals surface area (Å²) in [6, 6.07) is 0. The van der Waals surface area contributed by atoms with Crippen LogP contribution < -0.4 is 4.72 Å². The molecule has 0 amide bonds. The predicted molar refractivity (Wildman–Crippen MR) is 71.5 cm³/mol. The van der Waals surface area contributed by atoms with Crippen LogP contribution in [0.2, 0.25) is 0 Å². The second kappa shape index (κ2) is 5.41. The summed E-state index contributed by atoms with van der Waals surface area (Å²) < 4.78 is 54.0. The normalized spacial score (nSPS) is 19.3. The zero-order chi connectivity index (χ0) is 15.0. The van der Waals surface area contributed by atoms with E-state index in [2.05, 4.69) is 9.82 Å². The molecule has 114 valence electrons. The molecule has 1 aliphatic rings. The van der Waals surface area contributed by atoms with E-state index in [1.54, 1.807) is 7.05 Å². The Hall–Kier alpha value is -1.01. The Kier molecular flexibility index (Phi) is 4.16. The van der Waals surface area contributed by atoms with E-state index < -0.39 is 20.2 Å². The fraction of sp³-hybridized carbons (Fsp3) is 0.667. The van der Waals surface area contributed by atoms with Crippen molar-refractivity contribution in [1.29, 1.82) is 0 Å². The van der Waals surface area contributed by atoms with Crippen LogP contribution in [0.4, 0.5) is 0 Å². The van der Waals surface area contributed by atoms with Gasteiger partial charge < -0.3 is 0 Å². The minimum atomic E-state index is -3.61. The van der Waals surface area contributed by atoms with E-state index in [4.69, 9.17) is 0 Å². The standard InChI is InChI=1S/C9H17N5O4S2/c1-10-20(17,18)14-5-3-13(4-6-14)19(15,16)9-7-11-12(2)8-9/h7-8,10H,3-6H2,1-2H3. The first-order chi connectivity index (χ1) is 9.27. The lowest BCUT2D eigenvalue weighted by Crippen LogP contribution is -2.52. The van der Waals surface area contributed by atoms with Gasteiger partial charge in [-0.25, -0.2) is 13.1 Å². The summed E-state index contributed by atoms with van der Waals surface area (Å²) in [5.74, 6) is 0. The molecule has 0 unspecified atom stereocenters. The van der Waals surface area contributed by atoms with Gasteiger partial charge in [-0.1, -0.05) is 0 Å². The Labute approximate surface area is 118 Å². The predicted octanol–water partition coefficient (Wildman–Crippen LogP) is -1.81. The van der Waals surface area contributed by atoms with Crippen LogP contribution in [0.3, 0.4) is 0 Å². The van der Waals surface area contributed by atoms with E-state index in [0.717, 1.165) is 0 Å². The lowest BCUT2D eigenvalue weighted by atomic mass is 10.4. The molecule has 0 saturated carbocycles. The van der Waals surface area contributed by atoms with Crippen LogP contribution in [0.15, 0.2) is 17.3 Å². The highest BCUT2D eigenvalue weighted by Gasteiger charge is 2.32. The molecule has 0 atom stereocenters. The minimum Gasteiger partial charge on any atom is -0.274 e. The van der Waals surface area contributed by atoms with Crippen LogP contribution in [0.5, 0.6) is 0 Å². The second-order valence-electron chi connectivity index (χ2n) is 4.36. The van der Waals surface area contributed by atoms with Crippen LogP contribution in [-0.2, 0) is 27.3 Å². The molecule has 11 heteroatoms. The maximum Gasteiger partial charge on any atom is 0.279 e. The first-order valence-corrected chi connectivity index (χ1v) is 8.83. The number of rotatable bonds is 4. The first-order valence-electron chi connectivity index (χ1n) is 5.95. The van der Waals surface area contributed by atoms with Crippen LogP contribution in [-0.4, -0.2) is 68.5 Å². The molecule has 20 heavy (non-hydrogen) atoms. The van der Waals surface area contributed by atoms with Gasteiger partial charge in [-0.15, -0.1) is 0 Å². The maximum atomic E-state index is 12.3. The van der Waals surface area contributed by atoms with E-state index in [1.165, 1.54) is 32.7 Å². The Morgan fingerprint density at radius 3 is 2.10 bits per heavy atom. The quantitative estimate of drug-likeness (QED) is 0.703. The summed E-state index contributed by atoms with van der Waals surface area (Å²) in [7, 11) is -4.15. The summed E-state index contributed by atoms with van der Waals surface area (Å²) in [5.41, 5.74) is 0. The van der Waals surface area contributed by atoms with Gasteiger partial charge in [0.25, 0.3) is 10.2 Å². The molecule has 0 radical (unpaired) electrons. The Balaban J connectivity index is 2.11. The van der Waals surface area contributed by atoms with Crippen molar-refractivity contribution in [2.45, 2.75) is 4.90 Å². The van der Waals surface area contributed by atoms with Gasteiger partial charge in [0, 0.05) is 46.5 Å². The molecule has 9 nitrogen and oxygen atoms in total. The number of nitrogens with one attached hydrogen (secondary N) is 1. The first kappa shape index (κ1) is 15.4. The van der Waals surface area contributed by atoms with Gasteiger partial charge in [0.2, 0.25) is 10.0 Å². The topological polar surface area (TPSA) is 105 Å². The SMILES string of the molecule is CNS(=O)(=O)N1CCN(S(=O)(=O)c2cnn(C)c2)CC1. The maximum absolute atomic E-state index is 12.3. The molecule has 0 bridgehead atoms. The van der Waals surface area contributed by atoms with E-state index in [-0.39, 0.29) is 31.1 Å². The average Bonchev–Trinajstić information content (AvgIpc) is 2.86. The molecule has 1 aromatic heterocycles. The van der Waals surface area contributed by atoms with Gasteiger partial charge >= 0.3 is 0 Å². The molecule has 0 spiro atoms. The van der Waals surface area contributed by atoms with E-state index >= 15 is 0 Å². The van der Waals surface area contributed by atoms with Gasteiger partial charge in [0.05, 0.1) is 6.20 Å². The molecule has 2 heterocycles. The number of aryl methyl sites for hydroxylation is 1. The lowest BCUT2D eigenvalue weighted by molar-refractivity contribution is 0.271. The number of nitrogens with zero attached hydrogens (tertiary/aromatic N) is 4. The van der Waals surface area contributed by atoms with Crippen molar-refractivity contribution in [3.63, 3.8) is 0 Å². The van der Waals surface area contributed by atoms with E-state index in [1.807, 2.05) is 0 Å². The molecular weight excluding hydrogens is 306 g/mol. The fourth-order valence-corrected chi connectivity index (χ4v) is 4.27. The smallest absolute Gasteiger partial charge is 0.274 e. The lowest BCUT2D eigenvalue weighted by Gasteiger charge is -2.32. The van der Waals surface area contributed by atoms with Gasteiger partial charge in [-0.05, 0) is 0 Å². The second-order valence-corrected chi connectivity index (χ2v) is 8.17. The zero-order valence-electron chi connectivity index (χ0n) is 11.2. The number of aromatic nitrogens is 2. The van der Waals surface area contributed by atoms with Crippen molar-refractivity contribution in [3.05, 3.63) is 12.4 Å². The number of piperazine rings is 1. The largest absolute Gasteiger partial charge is 0.279 e. The van der Waals surface area contributed by atoms with Crippen molar-refractivity contribution >= 4 is 20.2 Å². The van der Waals surface area contributed by atoms with Crippen LogP contribution in [0.1, 0.15) is 0 Å². The third kappa shape index (κ3) is 2.86. The third-order valence-electron chi connectivity index (χ3n) is 3.11. The highest BCUT2D eigenvalue weighted by atomic mass is 32.2. The molecule has 1 saturated heterocycles. The number of hydrogen-bond donors (Lipinski definition) is 1. The van der Waals surface area contributed by atoms with Gasteiger partial charge in [-0.3, -0.25) is 4.68 Å². The van der Waals surface area contributed by atoms with Crippen molar-refractivity contribution in [1.82, 2.24) is 23.1 Å². The summed E-state index contributed by atoms with van der Waals surface area (Å²) in [5, 5.41) is 3.84. The number of hydrogen-bond acceptors (Lipinski definition) is 5. The van der Waals surface area contributed by atoms with Crippen molar-refractivity contribution < 1.29 is 16.8 Å². The Morgan fingerprint density at radius 1 is 1.10 bits per heavy atom. The summed E-state index contributed by atoms with van der Waals surface area (Å²) >= 11 is 0. The summed E-state index contributed by atoms with van der Waals surface area (Å²) in [4.78, 5) is 0.116. The van der Waals surface area contributed by atoms with Crippen molar-refractivity contribution in [2.75, 3.05) is 33.2 Å². The molecule has 1 aromatic rings. The molecule has 1 fully saturated rings. The fourth-order valence-electron chi connectivity index (χ4n) is 1.96. The molecule has 1 aliphatic heterocycles. The molecule has 0 aliphatic carbocycles. The summed E-state index contributed by atoms with van der Waals surface area (Å²) in [6.45, 7) is 0.502. The average molecular weight is 323 g/mol. The molecule has 0 aromatic carbocycles. The van der Waals surface area contributed by atoms with Crippen LogP contribution >= 0.6 is 0 Å². The molecular formula is C9H17N5O4S2. The molecule has 1 N–H and O–H groups in total. The molecule has 2 rings (SSSR count). The Bertz CT molecular complexity index is 673. The summed E-state index contributed by atoms with van der Waals surface area (Å²) in [6.07, 6.45) is 2.71. The third-order valence-corrected chi connectivity index (χ3v) is 6.53. The van der Waals surface area contributed by atoms with Gasteiger partial charge in [0.15, 0.2) is 0 Å². The number of sulfonamides is 1. The van der Waals surface area contributed by atoms with E-state index in [0.29, 0.717) is 0 Å². The highest BCUT2D eigenvalue weighted by Crippen LogP contribution is 2.17.